The largest absolute Gasteiger partial charge is 0.313 e. The van der Waals surface area contributed by atoms with Crippen LogP contribution in [0, 0.1) is 11.3 Å². The lowest BCUT2D eigenvalue weighted by Gasteiger charge is -2.44. The van der Waals surface area contributed by atoms with Crippen molar-refractivity contribution in [2.75, 3.05) is 6.54 Å². The Morgan fingerprint density at radius 3 is 2.55 bits per heavy atom. The second-order valence-corrected chi connectivity index (χ2v) is 4.43. The number of hydrogen-bond donors (Lipinski definition) is 1. The summed E-state index contributed by atoms with van der Waals surface area (Å²) in [6, 6.07) is 0.728. The van der Waals surface area contributed by atoms with Crippen LogP contribution in [-0.2, 0) is 0 Å². The van der Waals surface area contributed by atoms with Gasteiger partial charge in [-0.3, -0.25) is 0 Å². The molecule has 0 amide bonds. The van der Waals surface area contributed by atoms with Gasteiger partial charge in [0, 0.05) is 6.04 Å². The van der Waals surface area contributed by atoms with E-state index in [1.165, 1.54) is 19.4 Å². The zero-order valence-corrected chi connectivity index (χ0v) is 8.28. The van der Waals surface area contributed by atoms with E-state index in [1.54, 1.807) is 0 Å². The molecule has 1 fully saturated rings. The summed E-state index contributed by atoms with van der Waals surface area (Å²) in [4.78, 5) is 0. The summed E-state index contributed by atoms with van der Waals surface area (Å²) in [7, 11) is 0. The van der Waals surface area contributed by atoms with Gasteiger partial charge in [0.25, 0.3) is 0 Å². The second-order valence-electron chi connectivity index (χ2n) is 4.43. The van der Waals surface area contributed by atoms with E-state index in [-0.39, 0.29) is 0 Å². The van der Waals surface area contributed by atoms with Gasteiger partial charge in [-0.1, -0.05) is 27.7 Å². The highest BCUT2D eigenvalue weighted by Crippen LogP contribution is 2.36. The summed E-state index contributed by atoms with van der Waals surface area (Å²) in [5, 5.41) is 3.59. The molecule has 1 heteroatoms. The van der Waals surface area contributed by atoms with Crippen molar-refractivity contribution in [3.8, 4) is 0 Å². The molecule has 1 saturated heterocycles. The molecule has 66 valence electrons. The molecule has 0 aromatic heterocycles. The van der Waals surface area contributed by atoms with Gasteiger partial charge in [-0.2, -0.15) is 0 Å². The average molecular weight is 155 g/mol. The maximum atomic E-state index is 3.59. The van der Waals surface area contributed by atoms with Crippen LogP contribution in [-0.4, -0.2) is 12.6 Å². The fourth-order valence-electron chi connectivity index (χ4n) is 2.12. The summed E-state index contributed by atoms with van der Waals surface area (Å²) in [6.07, 6.45) is 2.60. The monoisotopic (exact) mass is 155 g/mol. The third-order valence-corrected chi connectivity index (χ3v) is 3.54. The highest BCUT2D eigenvalue weighted by molar-refractivity contribution is 4.91. The average Bonchev–Trinajstić information content (AvgIpc) is 1.95. The molecule has 0 aromatic rings. The molecule has 0 radical (unpaired) electrons. The van der Waals surface area contributed by atoms with Gasteiger partial charge in [0.05, 0.1) is 0 Å². The van der Waals surface area contributed by atoms with Gasteiger partial charge >= 0.3 is 0 Å². The topological polar surface area (TPSA) is 12.0 Å². The van der Waals surface area contributed by atoms with Crippen LogP contribution < -0.4 is 5.32 Å². The van der Waals surface area contributed by atoms with E-state index >= 15 is 0 Å². The molecule has 0 spiro atoms. The molecule has 0 saturated carbocycles. The van der Waals surface area contributed by atoms with E-state index in [2.05, 4.69) is 33.0 Å². The summed E-state index contributed by atoms with van der Waals surface area (Å²) < 4.78 is 0. The van der Waals surface area contributed by atoms with Crippen molar-refractivity contribution in [2.24, 2.45) is 11.3 Å². The third-order valence-electron chi connectivity index (χ3n) is 3.54. The molecule has 1 nitrogen and oxygen atoms in total. The van der Waals surface area contributed by atoms with Gasteiger partial charge in [0.1, 0.15) is 0 Å². The highest BCUT2D eigenvalue weighted by Gasteiger charge is 2.36. The first-order chi connectivity index (χ1) is 5.09. The zero-order chi connectivity index (χ0) is 8.48. The lowest BCUT2D eigenvalue weighted by atomic mass is 9.69. The van der Waals surface area contributed by atoms with Crippen LogP contribution in [0.4, 0.5) is 0 Å². The molecule has 2 unspecified atom stereocenters. The van der Waals surface area contributed by atoms with Gasteiger partial charge in [0.15, 0.2) is 0 Å². The maximum Gasteiger partial charge on any atom is 0.0118 e. The third kappa shape index (κ3) is 1.58. The number of nitrogens with one attached hydrogen (secondary N) is 1. The number of piperidine rings is 1. The molecule has 2 atom stereocenters. The van der Waals surface area contributed by atoms with E-state index in [0.717, 1.165) is 12.0 Å². The maximum absolute atomic E-state index is 3.59. The van der Waals surface area contributed by atoms with Crippen LogP contribution in [0.15, 0.2) is 0 Å². The summed E-state index contributed by atoms with van der Waals surface area (Å²) in [5.41, 5.74) is 0.493. The Kier molecular flexibility index (Phi) is 2.58. The Balaban J connectivity index is 2.64. The lowest BCUT2D eigenvalue weighted by molar-refractivity contribution is 0.104. The van der Waals surface area contributed by atoms with E-state index in [1.807, 2.05) is 0 Å². The molecule has 1 heterocycles. The molecular weight excluding hydrogens is 134 g/mol. The zero-order valence-electron chi connectivity index (χ0n) is 8.28. The van der Waals surface area contributed by atoms with Crippen LogP contribution >= 0.6 is 0 Å². The smallest absolute Gasteiger partial charge is 0.0118 e. The minimum atomic E-state index is 0.493. The van der Waals surface area contributed by atoms with Crippen LogP contribution in [0.5, 0.6) is 0 Å². The van der Waals surface area contributed by atoms with Gasteiger partial charge in [-0.25, -0.2) is 0 Å². The van der Waals surface area contributed by atoms with Crippen molar-refractivity contribution in [1.29, 1.82) is 0 Å². The summed E-state index contributed by atoms with van der Waals surface area (Å²) >= 11 is 0. The predicted octanol–water partition coefficient (Wildman–Crippen LogP) is 2.42. The fourth-order valence-corrected chi connectivity index (χ4v) is 2.12. The van der Waals surface area contributed by atoms with Gasteiger partial charge in [-0.05, 0) is 30.7 Å². The molecule has 1 aliphatic heterocycles. The van der Waals surface area contributed by atoms with E-state index in [4.69, 9.17) is 0 Å². The minimum Gasteiger partial charge on any atom is -0.313 e. The van der Waals surface area contributed by atoms with Crippen molar-refractivity contribution in [3.63, 3.8) is 0 Å². The molecular formula is C10H21N. The minimum absolute atomic E-state index is 0.493. The first-order valence-electron chi connectivity index (χ1n) is 4.82. The molecule has 0 bridgehead atoms. The van der Waals surface area contributed by atoms with Crippen molar-refractivity contribution in [1.82, 2.24) is 5.32 Å². The first-order valence-corrected chi connectivity index (χ1v) is 4.82. The molecule has 1 N–H and O–H groups in total. The quantitative estimate of drug-likeness (QED) is 0.613. The van der Waals surface area contributed by atoms with Crippen molar-refractivity contribution in [3.05, 3.63) is 0 Å². The standard InChI is InChI=1S/C10H21N/c1-5-9-10(3,4)8(2)6-7-11-9/h8-9,11H,5-7H2,1-4H3. The Bertz CT molecular complexity index is 129. The first kappa shape index (κ1) is 9.05. The van der Waals surface area contributed by atoms with Gasteiger partial charge < -0.3 is 5.32 Å². The fraction of sp³-hybridized carbons (Fsp3) is 1.00. The second kappa shape index (κ2) is 3.14. The van der Waals surface area contributed by atoms with Crippen molar-refractivity contribution < 1.29 is 0 Å². The van der Waals surface area contributed by atoms with Crippen LogP contribution in [0.2, 0.25) is 0 Å². The highest BCUT2D eigenvalue weighted by atomic mass is 14.9. The SMILES string of the molecule is CCC1NCCC(C)C1(C)C. The molecule has 1 aliphatic rings. The number of rotatable bonds is 1. The van der Waals surface area contributed by atoms with Crippen molar-refractivity contribution in [2.45, 2.75) is 46.6 Å². The predicted molar refractivity (Wildman–Crippen MR) is 49.6 cm³/mol. The summed E-state index contributed by atoms with van der Waals surface area (Å²) in [5.74, 6) is 0.869. The van der Waals surface area contributed by atoms with Crippen LogP contribution in [0.25, 0.3) is 0 Å². The van der Waals surface area contributed by atoms with Gasteiger partial charge in [-0.15, -0.1) is 0 Å². The Morgan fingerprint density at radius 2 is 2.09 bits per heavy atom. The Morgan fingerprint density at radius 1 is 1.45 bits per heavy atom. The Hall–Kier alpha value is -0.0400. The number of hydrogen-bond acceptors (Lipinski definition) is 1. The normalized spacial score (nSPS) is 37.1. The van der Waals surface area contributed by atoms with Crippen molar-refractivity contribution >= 4 is 0 Å². The van der Waals surface area contributed by atoms with Crippen LogP contribution in [0.3, 0.4) is 0 Å². The lowest BCUT2D eigenvalue weighted by Crippen LogP contribution is -2.50. The van der Waals surface area contributed by atoms with E-state index in [9.17, 15) is 0 Å². The molecule has 1 rings (SSSR count). The molecule has 11 heavy (non-hydrogen) atoms. The molecule has 0 aromatic carbocycles. The summed E-state index contributed by atoms with van der Waals surface area (Å²) in [6.45, 7) is 10.6. The Labute approximate surface area is 70.6 Å². The van der Waals surface area contributed by atoms with E-state index in [0.29, 0.717) is 5.41 Å². The van der Waals surface area contributed by atoms with Crippen LogP contribution in [0.1, 0.15) is 40.5 Å². The van der Waals surface area contributed by atoms with E-state index < -0.39 is 0 Å². The van der Waals surface area contributed by atoms with Gasteiger partial charge in [0.2, 0.25) is 0 Å². The molecule has 0 aliphatic carbocycles.